The second kappa shape index (κ2) is 4.50. The second-order valence-corrected chi connectivity index (χ2v) is 5.37. The Morgan fingerprint density at radius 3 is 2.84 bits per heavy atom. The summed E-state index contributed by atoms with van der Waals surface area (Å²) in [6.07, 6.45) is 7.10. The molecule has 1 aliphatic rings. The SMILES string of the molecule is C#CCn1cc(O)n(COC(=O)C2CC2(C)C)c1=O. The molecule has 1 aliphatic carbocycles. The van der Waals surface area contributed by atoms with Gasteiger partial charge in [0.25, 0.3) is 0 Å². The Morgan fingerprint density at radius 2 is 2.32 bits per heavy atom. The number of nitrogens with zero attached hydrogens (tertiary/aromatic N) is 2. The fourth-order valence-electron chi connectivity index (χ4n) is 1.95. The third-order valence-corrected chi connectivity index (χ3v) is 3.42. The Kier molecular flexibility index (Phi) is 3.14. The molecule has 1 aromatic heterocycles. The molecule has 1 unspecified atom stereocenters. The first kappa shape index (κ1) is 13.3. The molecule has 1 N–H and O–H groups in total. The van der Waals surface area contributed by atoms with Gasteiger partial charge in [-0.2, -0.15) is 0 Å². The lowest BCUT2D eigenvalue weighted by Crippen LogP contribution is -2.26. The topological polar surface area (TPSA) is 73.5 Å². The average Bonchev–Trinajstić information content (AvgIpc) is 2.89. The Bertz CT molecular complexity index is 603. The molecule has 1 saturated carbocycles. The third-order valence-electron chi connectivity index (χ3n) is 3.42. The molecule has 0 spiro atoms. The summed E-state index contributed by atoms with van der Waals surface area (Å²) in [7, 11) is 0. The molecule has 19 heavy (non-hydrogen) atoms. The molecule has 1 heterocycles. The molecule has 2 rings (SSSR count). The van der Waals surface area contributed by atoms with E-state index in [1.807, 2.05) is 13.8 Å². The van der Waals surface area contributed by atoms with Gasteiger partial charge in [-0.05, 0) is 11.8 Å². The highest BCUT2D eigenvalue weighted by Crippen LogP contribution is 2.52. The van der Waals surface area contributed by atoms with Gasteiger partial charge in [0.15, 0.2) is 6.73 Å². The number of carbonyl (C=O) groups excluding carboxylic acids is 1. The van der Waals surface area contributed by atoms with Gasteiger partial charge in [0.05, 0.1) is 18.7 Å². The van der Waals surface area contributed by atoms with E-state index >= 15 is 0 Å². The molecule has 0 aromatic carbocycles. The molecule has 0 bridgehead atoms. The molecular weight excluding hydrogens is 248 g/mol. The number of carbonyl (C=O) groups is 1. The Balaban J connectivity index is 2.03. The number of aromatic nitrogens is 2. The van der Waals surface area contributed by atoms with Gasteiger partial charge >= 0.3 is 11.7 Å². The van der Waals surface area contributed by atoms with E-state index in [-0.39, 0.29) is 36.5 Å². The number of ether oxygens (including phenoxy) is 1. The summed E-state index contributed by atoms with van der Waals surface area (Å²) in [4.78, 5) is 23.5. The van der Waals surface area contributed by atoms with E-state index in [2.05, 4.69) is 5.92 Å². The van der Waals surface area contributed by atoms with Gasteiger partial charge in [-0.25, -0.2) is 9.36 Å². The van der Waals surface area contributed by atoms with Crippen molar-refractivity contribution < 1.29 is 14.6 Å². The maximum atomic E-state index is 11.8. The van der Waals surface area contributed by atoms with E-state index in [0.29, 0.717) is 0 Å². The standard InChI is InChI=1S/C13H16N2O4/c1-4-5-14-7-10(16)15(12(14)18)8-19-11(17)9-6-13(9,2)3/h1,7,9,16H,5-6,8H2,2-3H3. The predicted molar refractivity (Wildman–Crippen MR) is 67.2 cm³/mol. The zero-order valence-electron chi connectivity index (χ0n) is 10.9. The molecule has 1 fully saturated rings. The van der Waals surface area contributed by atoms with Crippen LogP contribution in [0.25, 0.3) is 0 Å². The fraction of sp³-hybridized carbons (Fsp3) is 0.538. The van der Waals surface area contributed by atoms with Crippen LogP contribution in [0.15, 0.2) is 11.0 Å². The summed E-state index contributed by atoms with van der Waals surface area (Å²) in [6, 6.07) is 0. The van der Waals surface area contributed by atoms with E-state index < -0.39 is 5.69 Å². The maximum absolute atomic E-state index is 11.8. The van der Waals surface area contributed by atoms with Crippen LogP contribution in [0.2, 0.25) is 0 Å². The lowest BCUT2D eigenvalue weighted by atomic mass is 10.1. The first-order valence-electron chi connectivity index (χ1n) is 5.96. The molecule has 1 atom stereocenters. The molecule has 1 aromatic rings. The summed E-state index contributed by atoms with van der Waals surface area (Å²) >= 11 is 0. The van der Waals surface area contributed by atoms with Crippen LogP contribution < -0.4 is 5.69 Å². The van der Waals surface area contributed by atoms with Gasteiger partial charge in [-0.1, -0.05) is 19.8 Å². The third kappa shape index (κ3) is 2.50. The number of rotatable bonds is 4. The number of hydrogen-bond acceptors (Lipinski definition) is 4. The van der Waals surface area contributed by atoms with Crippen LogP contribution in [-0.2, 0) is 22.8 Å². The molecule has 6 heteroatoms. The monoisotopic (exact) mass is 264 g/mol. The Hall–Kier alpha value is -2.16. The van der Waals surface area contributed by atoms with Gasteiger partial charge in [0.1, 0.15) is 0 Å². The van der Waals surface area contributed by atoms with Crippen LogP contribution in [0.1, 0.15) is 20.3 Å². The zero-order chi connectivity index (χ0) is 14.2. The van der Waals surface area contributed by atoms with Gasteiger partial charge in [-0.3, -0.25) is 9.36 Å². The molecule has 0 radical (unpaired) electrons. The van der Waals surface area contributed by atoms with Crippen molar-refractivity contribution in [2.75, 3.05) is 0 Å². The van der Waals surface area contributed by atoms with Gasteiger partial charge < -0.3 is 9.84 Å². The van der Waals surface area contributed by atoms with Gasteiger partial charge in [0.2, 0.25) is 5.88 Å². The first-order valence-corrected chi connectivity index (χ1v) is 5.96. The molecule has 6 nitrogen and oxygen atoms in total. The number of terminal acetylenes is 1. The number of imidazole rings is 1. The highest BCUT2D eigenvalue weighted by molar-refractivity contribution is 5.76. The number of hydrogen-bond donors (Lipinski definition) is 1. The Labute approximate surface area is 110 Å². The normalized spacial score (nSPS) is 19.7. The van der Waals surface area contributed by atoms with E-state index in [0.717, 1.165) is 11.0 Å². The predicted octanol–water partition coefficient (Wildman–Crippen LogP) is 0.535. The van der Waals surface area contributed by atoms with Gasteiger partial charge in [0, 0.05) is 0 Å². The maximum Gasteiger partial charge on any atom is 0.334 e. The van der Waals surface area contributed by atoms with Crippen LogP contribution >= 0.6 is 0 Å². The molecule has 0 saturated heterocycles. The minimum atomic E-state index is -0.502. The van der Waals surface area contributed by atoms with Crippen molar-refractivity contribution in [1.29, 1.82) is 0 Å². The van der Waals surface area contributed by atoms with Crippen molar-refractivity contribution in [1.82, 2.24) is 9.13 Å². The summed E-state index contributed by atoms with van der Waals surface area (Å²) in [6.45, 7) is 3.72. The Morgan fingerprint density at radius 1 is 1.68 bits per heavy atom. The summed E-state index contributed by atoms with van der Waals surface area (Å²) in [5.74, 6) is 1.55. The summed E-state index contributed by atoms with van der Waals surface area (Å²) in [5.41, 5.74) is -0.530. The smallest absolute Gasteiger partial charge is 0.334 e. The van der Waals surface area contributed by atoms with Crippen LogP contribution in [0, 0.1) is 23.7 Å². The van der Waals surface area contributed by atoms with E-state index in [1.165, 1.54) is 10.8 Å². The quantitative estimate of drug-likeness (QED) is 0.636. The molecule has 0 amide bonds. The average molecular weight is 264 g/mol. The summed E-state index contributed by atoms with van der Waals surface area (Å²) < 4.78 is 7.17. The minimum absolute atomic E-state index is 0.0283. The van der Waals surface area contributed by atoms with Crippen LogP contribution in [0.4, 0.5) is 0 Å². The number of aromatic hydroxyl groups is 1. The zero-order valence-corrected chi connectivity index (χ0v) is 10.9. The van der Waals surface area contributed by atoms with Crippen molar-refractivity contribution in [3.8, 4) is 18.2 Å². The van der Waals surface area contributed by atoms with Crippen molar-refractivity contribution in [2.24, 2.45) is 11.3 Å². The summed E-state index contributed by atoms with van der Waals surface area (Å²) in [5, 5.41) is 9.59. The highest BCUT2D eigenvalue weighted by Gasteiger charge is 2.51. The van der Waals surface area contributed by atoms with E-state index in [9.17, 15) is 14.7 Å². The highest BCUT2D eigenvalue weighted by atomic mass is 16.5. The first-order chi connectivity index (χ1) is 8.86. The molecule has 0 aliphatic heterocycles. The number of esters is 1. The second-order valence-electron chi connectivity index (χ2n) is 5.37. The van der Waals surface area contributed by atoms with Gasteiger partial charge in [-0.15, -0.1) is 6.42 Å². The van der Waals surface area contributed by atoms with Crippen molar-refractivity contribution >= 4 is 5.97 Å². The van der Waals surface area contributed by atoms with Crippen molar-refractivity contribution in [3.63, 3.8) is 0 Å². The van der Waals surface area contributed by atoms with Crippen LogP contribution in [-0.4, -0.2) is 20.2 Å². The lowest BCUT2D eigenvalue weighted by Gasteiger charge is -2.06. The molecular formula is C13H16N2O4. The van der Waals surface area contributed by atoms with Crippen molar-refractivity contribution in [3.05, 3.63) is 16.7 Å². The largest absolute Gasteiger partial charge is 0.493 e. The van der Waals surface area contributed by atoms with E-state index in [4.69, 9.17) is 11.2 Å². The fourth-order valence-corrected chi connectivity index (χ4v) is 1.95. The minimum Gasteiger partial charge on any atom is -0.493 e. The van der Waals surface area contributed by atoms with Crippen LogP contribution in [0.5, 0.6) is 5.88 Å². The lowest BCUT2D eigenvalue weighted by molar-refractivity contribution is -0.150. The molecule has 102 valence electrons. The van der Waals surface area contributed by atoms with Crippen molar-refractivity contribution in [2.45, 2.75) is 33.5 Å². The van der Waals surface area contributed by atoms with Crippen LogP contribution in [0.3, 0.4) is 0 Å². The van der Waals surface area contributed by atoms with E-state index in [1.54, 1.807) is 0 Å².